The first-order valence-corrected chi connectivity index (χ1v) is 6.15. The van der Waals surface area contributed by atoms with Crippen LogP contribution in [0.2, 0.25) is 0 Å². The van der Waals surface area contributed by atoms with Crippen molar-refractivity contribution in [3.8, 4) is 0 Å². The van der Waals surface area contributed by atoms with Gasteiger partial charge in [0.15, 0.2) is 5.69 Å². The molecule has 2 rings (SSSR count). The molecular formula is C14H17N3O2. The van der Waals surface area contributed by atoms with Crippen molar-refractivity contribution in [1.29, 1.82) is 0 Å². The zero-order valence-corrected chi connectivity index (χ0v) is 11.1. The standard InChI is InChI=1S/C14H17N3O2/c1-3-11-12(15)13(17(2)16-11)14(18)19-9-10-7-5-4-6-8-10/h4-8H,3,9,15H2,1-2H3. The number of nitrogens with two attached hydrogens (primary N) is 1. The Morgan fingerprint density at radius 2 is 2.05 bits per heavy atom. The lowest BCUT2D eigenvalue weighted by Crippen LogP contribution is -2.12. The molecular weight excluding hydrogens is 242 g/mol. The van der Waals surface area contributed by atoms with E-state index in [2.05, 4.69) is 5.10 Å². The van der Waals surface area contributed by atoms with Crippen molar-refractivity contribution in [3.05, 3.63) is 47.3 Å². The second-order valence-corrected chi connectivity index (χ2v) is 4.25. The molecule has 0 fully saturated rings. The van der Waals surface area contributed by atoms with E-state index in [9.17, 15) is 4.79 Å². The summed E-state index contributed by atoms with van der Waals surface area (Å²) in [4.78, 5) is 12.0. The normalized spacial score (nSPS) is 10.4. The molecule has 19 heavy (non-hydrogen) atoms. The first-order valence-electron chi connectivity index (χ1n) is 6.15. The Morgan fingerprint density at radius 1 is 1.37 bits per heavy atom. The van der Waals surface area contributed by atoms with Gasteiger partial charge in [-0.3, -0.25) is 4.68 Å². The average molecular weight is 259 g/mol. The van der Waals surface area contributed by atoms with E-state index in [4.69, 9.17) is 10.5 Å². The molecule has 1 aromatic carbocycles. The van der Waals surface area contributed by atoms with E-state index >= 15 is 0 Å². The van der Waals surface area contributed by atoms with Crippen LogP contribution in [-0.2, 0) is 24.8 Å². The third-order valence-corrected chi connectivity index (χ3v) is 2.90. The summed E-state index contributed by atoms with van der Waals surface area (Å²) < 4.78 is 6.73. The van der Waals surface area contributed by atoms with Crippen LogP contribution in [0.5, 0.6) is 0 Å². The number of carbonyl (C=O) groups is 1. The topological polar surface area (TPSA) is 70.1 Å². The fraction of sp³-hybridized carbons (Fsp3) is 0.286. The van der Waals surface area contributed by atoms with Gasteiger partial charge in [-0.25, -0.2) is 4.79 Å². The molecule has 2 aromatic rings. The number of nitrogen functional groups attached to an aromatic ring is 1. The molecule has 0 atom stereocenters. The quantitative estimate of drug-likeness (QED) is 0.852. The second-order valence-electron chi connectivity index (χ2n) is 4.25. The predicted molar refractivity (Wildman–Crippen MR) is 72.6 cm³/mol. The molecule has 0 saturated heterocycles. The van der Waals surface area contributed by atoms with Crippen LogP contribution in [0.1, 0.15) is 28.7 Å². The Labute approximate surface area is 112 Å². The molecule has 100 valence electrons. The Kier molecular flexibility index (Phi) is 3.85. The van der Waals surface area contributed by atoms with Crippen LogP contribution in [0.15, 0.2) is 30.3 Å². The van der Waals surface area contributed by atoms with E-state index in [1.807, 2.05) is 37.3 Å². The highest BCUT2D eigenvalue weighted by atomic mass is 16.5. The van der Waals surface area contributed by atoms with Gasteiger partial charge in [-0.1, -0.05) is 37.3 Å². The van der Waals surface area contributed by atoms with E-state index in [0.29, 0.717) is 23.5 Å². The van der Waals surface area contributed by atoms with Crippen molar-refractivity contribution in [1.82, 2.24) is 9.78 Å². The van der Waals surface area contributed by atoms with Gasteiger partial charge in [0.25, 0.3) is 0 Å². The number of anilines is 1. The lowest BCUT2D eigenvalue weighted by Gasteiger charge is -2.05. The van der Waals surface area contributed by atoms with Crippen LogP contribution in [0, 0.1) is 0 Å². The average Bonchev–Trinajstić information content (AvgIpc) is 2.72. The van der Waals surface area contributed by atoms with E-state index in [1.165, 1.54) is 4.68 Å². The predicted octanol–water partition coefficient (Wildman–Crippen LogP) is 1.92. The molecule has 0 amide bonds. The minimum atomic E-state index is -0.448. The number of benzene rings is 1. The third kappa shape index (κ3) is 2.76. The lowest BCUT2D eigenvalue weighted by atomic mass is 10.2. The maximum absolute atomic E-state index is 12.0. The third-order valence-electron chi connectivity index (χ3n) is 2.90. The molecule has 5 nitrogen and oxygen atoms in total. The van der Waals surface area contributed by atoms with Crippen molar-refractivity contribution >= 4 is 11.7 Å². The van der Waals surface area contributed by atoms with E-state index in [-0.39, 0.29) is 6.61 Å². The van der Waals surface area contributed by atoms with Gasteiger partial charge in [0, 0.05) is 7.05 Å². The number of carbonyl (C=O) groups excluding carboxylic acids is 1. The first-order chi connectivity index (χ1) is 9.13. The Balaban J connectivity index is 2.10. The van der Waals surface area contributed by atoms with Gasteiger partial charge in [-0.2, -0.15) is 5.10 Å². The molecule has 5 heteroatoms. The number of esters is 1. The van der Waals surface area contributed by atoms with Crippen molar-refractivity contribution in [2.75, 3.05) is 5.73 Å². The van der Waals surface area contributed by atoms with Gasteiger partial charge in [0.05, 0.1) is 11.4 Å². The van der Waals surface area contributed by atoms with Crippen LogP contribution in [0.3, 0.4) is 0 Å². The van der Waals surface area contributed by atoms with E-state index in [0.717, 1.165) is 5.56 Å². The summed E-state index contributed by atoms with van der Waals surface area (Å²) >= 11 is 0. The van der Waals surface area contributed by atoms with Gasteiger partial charge < -0.3 is 10.5 Å². The minimum absolute atomic E-state index is 0.228. The zero-order chi connectivity index (χ0) is 13.8. The summed E-state index contributed by atoms with van der Waals surface area (Å²) in [7, 11) is 1.69. The molecule has 0 spiro atoms. The molecule has 1 aromatic heterocycles. The minimum Gasteiger partial charge on any atom is -0.456 e. The van der Waals surface area contributed by atoms with Gasteiger partial charge in [0.1, 0.15) is 6.61 Å². The maximum Gasteiger partial charge on any atom is 0.359 e. The highest BCUT2D eigenvalue weighted by Crippen LogP contribution is 2.18. The summed E-state index contributed by atoms with van der Waals surface area (Å²) in [6.07, 6.45) is 0.686. The van der Waals surface area contributed by atoms with Crippen molar-refractivity contribution in [2.24, 2.45) is 7.05 Å². The maximum atomic E-state index is 12.0. The van der Waals surface area contributed by atoms with E-state index < -0.39 is 5.97 Å². The molecule has 0 aliphatic carbocycles. The number of aromatic nitrogens is 2. The lowest BCUT2D eigenvalue weighted by molar-refractivity contribution is 0.0461. The highest BCUT2D eigenvalue weighted by molar-refractivity contribution is 5.93. The second kappa shape index (κ2) is 5.56. The number of rotatable bonds is 4. The summed E-state index contributed by atoms with van der Waals surface area (Å²) in [5, 5.41) is 4.20. The van der Waals surface area contributed by atoms with Gasteiger partial charge in [-0.05, 0) is 12.0 Å². The number of ether oxygens (including phenoxy) is 1. The first kappa shape index (κ1) is 13.1. The van der Waals surface area contributed by atoms with Crippen LogP contribution in [0.25, 0.3) is 0 Å². The number of hydrogen-bond donors (Lipinski definition) is 1. The zero-order valence-electron chi connectivity index (χ0n) is 11.1. The van der Waals surface area contributed by atoms with Crippen molar-refractivity contribution < 1.29 is 9.53 Å². The van der Waals surface area contributed by atoms with Crippen molar-refractivity contribution in [3.63, 3.8) is 0 Å². The van der Waals surface area contributed by atoms with Crippen LogP contribution < -0.4 is 5.73 Å². The highest BCUT2D eigenvalue weighted by Gasteiger charge is 2.20. The summed E-state index contributed by atoms with van der Waals surface area (Å²) in [6.45, 7) is 2.17. The summed E-state index contributed by atoms with van der Waals surface area (Å²) in [5.74, 6) is -0.448. The monoisotopic (exact) mass is 259 g/mol. The number of hydrogen-bond acceptors (Lipinski definition) is 4. The molecule has 0 radical (unpaired) electrons. The summed E-state index contributed by atoms with van der Waals surface area (Å²) in [6, 6.07) is 9.51. The number of aryl methyl sites for hydroxylation is 2. The van der Waals surface area contributed by atoms with Gasteiger partial charge in [-0.15, -0.1) is 0 Å². The SMILES string of the molecule is CCc1nn(C)c(C(=O)OCc2ccccc2)c1N. The number of nitrogens with zero attached hydrogens (tertiary/aromatic N) is 2. The Bertz CT molecular complexity index is 576. The van der Waals surface area contributed by atoms with Gasteiger partial charge >= 0.3 is 5.97 Å². The fourth-order valence-corrected chi connectivity index (χ4v) is 1.89. The fourth-order valence-electron chi connectivity index (χ4n) is 1.89. The molecule has 0 bridgehead atoms. The smallest absolute Gasteiger partial charge is 0.359 e. The van der Waals surface area contributed by atoms with Crippen LogP contribution in [-0.4, -0.2) is 15.7 Å². The van der Waals surface area contributed by atoms with Crippen molar-refractivity contribution in [2.45, 2.75) is 20.0 Å². The molecule has 0 aliphatic heterocycles. The molecule has 2 N–H and O–H groups in total. The Morgan fingerprint density at radius 3 is 2.63 bits per heavy atom. The van der Waals surface area contributed by atoms with E-state index in [1.54, 1.807) is 7.05 Å². The summed E-state index contributed by atoms with van der Waals surface area (Å²) in [5.41, 5.74) is 8.27. The molecule has 0 saturated carbocycles. The van der Waals surface area contributed by atoms with Gasteiger partial charge in [0.2, 0.25) is 0 Å². The van der Waals surface area contributed by atoms with Crippen LogP contribution >= 0.6 is 0 Å². The largest absolute Gasteiger partial charge is 0.456 e. The molecule has 0 unspecified atom stereocenters. The van der Waals surface area contributed by atoms with Crippen LogP contribution in [0.4, 0.5) is 5.69 Å². The molecule has 1 heterocycles. The Hall–Kier alpha value is -2.30. The molecule has 0 aliphatic rings.